The van der Waals surface area contributed by atoms with Crippen molar-refractivity contribution in [3.05, 3.63) is 23.2 Å². The number of rotatable bonds is 3. The van der Waals surface area contributed by atoms with Crippen molar-refractivity contribution in [1.29, 1.82) is 0 Å². The number of sulfonamides is 1. The van der Waals surface area contributed by atoms with E-state index in [2.05, 4.69) is 0 Å². The summed E-state index contributed by atoms with van der Waals surface area (Å²) in [5.41, 5.74) is 0. The lowest BCUT2D eigenvalue weighted by molar-refractivity contribution is 0.0393. The van der Waals surface area contributed by atoms with Crippen LogP contribution in [0.2, 0.25) is 5.02 Å². The zero-order valence-corrected chi connectivity index (χ0v) is 12.4. The number of nitrogens with zero attached hydrogens (tertiary/aromatic N) is 1. The van der Waals surface area contributed by atoms with E-state index in [9.17, 15) is 8.42 Å². The van der Waals surface area contributed by atoms with Gasteiger partial charge in [-0.15, -0.1) is 0 Å². The molecule has 0 N–H and O–H groups in total. The minimum absolute atomic E-state index is 0.173. The van der Waals surface area contributed by atoms with E-state index in [0.29, 0.717) is 25.5 Å². The molecule has 0 radical (unpaired) electrons. The van der Waals surface area contributed by atoms with Crippen LogP contribution in [-0.2, 0) is 14.8 Å². The summed E-state index contributed by atoms with van der Waals surface area (Å²) in [6.07, 6.45) is 0. The molecule has 1 saturated heterocycles. The number of hydrogen-bond donors (Lipinski definition) is 0. The van der Waals surface area contributed by atoms with Gasteiger partial charge in [-0.25, -0.2) is 8.42 Å². The lowest BCUT2D eigenvalue weighted by Gasteiger charge is -2.32. The Balaban J connectivity index is 2.36. The van der Waals surface area contributed by atoms with Gasteiger partial charge in [0.15, 0.2) is 0 Å². The summed E-state index contributed by atoms with van der Waals surface area (Å²) < 4.78 is 36.7. The Morgan fingerprint density at radius 3 is 2.79 bits per heavy atom. The third-order valence-corrected chi connectivity index (χ3v) is 5.34. The van der Waals surface area contributed by atoms with Crippen molar-refractivity contribution in [2.75, 3.05) is 26.9 Å². The Labute approximate surface area is 118 Å². The quantitative estimate of drug-likeness (QED) is 0.854. The van der Waals surface area contributed by atoms with E-state index >= 15 is 0 Å². The topological polar surface area (TPSA) is 55.8 Å². The molecule has 1 fully saturated rings. The first-order valence-corrected chi connectivity index (χ1v) is 7.71. The number of methoxy groups -OCH3 is 1. The molecule has 1 aromatic rings. The van der Waals surface area contributed by atoms with Crippen LogP contribution in [0.15, 0.2) is 23.1 Å². The van der Waals surface area contributed by atoms with Gasteiger partial charge in [0.2, 0.25) is 10.0 Å². The molecular formula is C12H16ClNO4S. The van der Waals surface area contributed by atoms with E-state index < -0.39 is 10.0 Å². The van der Waals surface area contributed by atoms with E-state index in [4.69, 9.17) is 21.1 Å². The maximum atomic E-state index is 12.5. The fraction of sp³-hybridized carbons (Fsp3) is 0.500. The summed E-state index contributed by atoms with van der Waals surface area (Å²) in [4.78, 5) is 0.173. The first-order valence-electron chi connectivity index (χ1n) is 5.90. The Morgan fingerprint density at radius 2 is 2.21 bits per heavy atom. The van der Waals surface area contributed by atoms with Crippen molar-refractivity contribution in [2.24, 2.45) is 0 Å². The second-order valence-corrected chi connectivity index (χ2v) is 6.63. The number of ether oxygens (including phenoxy) is 2. The van der Waals surface area contributed by atoms with Crippen LogP contribution in [0.5, 0.6) is 5.75 Å². The van der Waals surface area contributed by atoms with E-state index in [0.717, 1.165) is 0 Å². The van der Waals surface area contributed by atoms with Gasteiger partial charge >= 0.3 is 0 Å². The van der Waals surface area contributed by atoms with Crippen molar-refractivity contribution in [3.63, 3.8) is 0 Å². The van der Waals surface area contributed by atoms with Gasteiger partial charge in [0.25, 0.3) is 0 Å². The molecule has 1 aliphatic rings. The third-order valence-electron chi connectivity index (χ3n) is 3.04. The maximum Gasteiger partial charge on any atom is 0.243 e. The van der Waals surface area contributed by atoms with Crippen LogP contribution in [0, 0.1) is 0 Å². The molecule has 19 heavy (non-hydrogen) atoms. The summed E-state index contributed by atoms with van der Waals surface area (Å²) >= 11 is 5.98. The largest absolute Gasteiger partial charge is 0.495 e. The fourth-order valence-electron chi connectivity index (χ4n) is 2.01. The molecular weight excluding hydrogens is 290 g/mol. The van der Waals surface area contributed by atoms with Crippen molar-refractivity contribution < 1.29 is 17.9 Å². The van der Waals surface area contributed by atoms with Crippen molar-refractivity contribution in [2.45, 2.75) is 17.9 Å². The molecule has 0 spiro atoms. The molecule has 1 aromatic carbocycles. The fourth-order valence-corrected chi connectivity index (χ4v) is 3.96. The highest BCUT2D eigenvalue weighted by Crippen LogP contribution is 2.29. The van der Waals surface area contributed by atoms with Gasteiger partial charge in [-0.1, -0.05) is 11.6 Å². The van der Waals surface area contributed by atoms with Crippen LogP contribution in [-0.4, -0.2) is 45.6 Å². The predicted octanol–water partition coefficient (Wildman–Crippen LogP) is 1.76. The Bertz CT molecular complexity index is 561. The van der Waals surface area contributed by atoms with E-state index in [-0.39, 0.29) is 16.0 Å². The SMILES string of the molecule is COc1ccc(S(=O)(=O)N2CCOC[C@H]2C)cc1Cl. The lowest BCUT2D eigenvalue weighted by Crippen LogP contribution is -2.46. The van der Waals surface area contributed by atoms with Crippen molar-refractivity contribution >= 4 is 21.6 Å². The first-order chi connectivity index (χ1) is 8.96. The number of benzene rings is 1. The van der Waals surface area contributed by atoms with Gasteiger partial charge in [0, 0.05) is 12.6 Å². The van der Waals surface area contributed by atoms with Crippen LogP contribution in [0.4, 0.5) is 0 Å². The molecule has 0 aliphatic carbocycles. The monoisotopic (exact) mass is 305 g/mol. The summed E-state index contributed by atoms with van der Waals surface area (Å²) in [6, 6.07) is 4.29. The zero-order valence-electron chi connectivity index (χ0n) is 10.8. The van der Waals surface area contributed by atoms with Gasteiger partial charge in [-0.05, 0) is 25.1 Å². The highest BCUT2D eigenvalue weighted by molar-refractivity contribution is 7.89. The molecule has 0 bridgehead atoms. The zero-order chi connectivity index (χ0) is 14.0. The highest BCUT2D eigenvalue weighted by Gasteiger charge is 2.31. The standard InChI is InChI=1S/C12H16ClNO4S/c1-9-8-18-6-5-14(9)19(15,16)10-3-4-12(17-2)11(13)7-10/h3-4,7,9H,5-6,8H2,1-2H3/t9-/m1/s1. The maximum absolute atomic E-state index is 12.5. The molecule has 5 nitrogen and oxygen atoms in total. The number of morpholine rings is 1. The summed E-state index contributed by atoms with van der Waals surface area (Å²) in [7, 11) is -2.06. The van der Waals surface area contributed by atoms with Gasteiger partial charge in [0.1, 0.15) is 5.75 Å². The van der Waals surface area contributed by atoms with Crippen LogP contribution in [0.3, 0.4) is 0 Å². The van der Waals surface area contributed by atoms with Gasteiger partial charge in [-0.2, -0.15) is 4.31 Å². The van der Waals surface area contributed by atoms with Gasteiger partial charge in [0.05, 0.1) is 30.2 Å². The summed E-state index contributed by atoms with van der Waals surface area (Å²) in [5, 5.41) is 0.282. The van der Waals surface area contributed by atoms with Gasteiger partial charge in [-0.3, -0.25) is 0 Å². The van der Waals surface area contributed by atoms with Crippen LogP contribution in [0.1, 0.15) is 6.92 Å². The average molecular weight is 306 g/mol. The summed E-state index contributed by atoms with van der Waals surface area (Å²) in [5.74, 6) is 0.454. The minimum atomic E-state index is -3.55. The smallest absolute Gasteiger partial charge is 0.243 e. The number of halogens is 1. The van der Waals surface area contributed by atoms with Crippen molar-refractivity contribution in [1.82, 2.24) is 4.31 Å². The molecule has 0 saturated carbocycles. The second kappa shape index (κ2) is 5.66. The molecule has 2 rings (SSSR count). The first kappa shape index (κ1) is 14.6. The van der Waals surface area contributed by atoms with Crippen molar-refractivity contribution in [3.8, 4) is 5.75 Å². The molecule has 0 amide bonds. The van der Waals surface area contributed by atoms with E-state index in [1.165, 1.54) is 23.5 Å². The highest BCUT2D eigenvalue weighted by atomic mass is 35.5. The van der Waals surface area contributed by atoms with E-state index in [1.807, 2.05) is 6.92 Å². The van der Waals surface area contributed by atoms with E-state index in [1.54, 1.807) is 6.07 Å². The number of hydrogen-bond acceptors (Lipinski definition) is 4. The Kier molecular flexibility index (Phi) is 4.35. The minimum Gasteiger partial charge on any atom is -0.495 e. The molecule has 0 unspecified atom stereocenters. The predicted molar refractivity (Wildman–Crippen MR) is 72.2 cm³/mol. The molecule has 7 heteroatoms. The Hall–Kier alpha value is -0.820. The Morgan fingerprint density at radius 1 is 1.47 bits per heavy atom. The molecule has 1 heterocycles. The van der Waals surface area contributed by atoms with Crippen LogP contribution >= 0.6 is 11.6 Å². The molecule has 0 aromatic heterocycles. The summed E-state index contributed by atoms with van der Waals surface area (Å²) in [6.45, 7) is 2.99. The normalized spacial score (nSPS) is 21.3. The van der Waals surface area contributed by atoms with Gasteiger partial charge < -0.3 is 9.47 Å². The van der Waals surface area contributed by atoms with Crippen LogP contribution in [0.25, 0.3) is 0 Å². The average Bonchev–Trinajstić information content (AvgIpc) is 2.39. The molecule has 106 valence electrons. The second-order valence-electron chi connectivity index (χ2n) is 4.34. The molecule has 1 atom stereocenters. The van der Waals surface area contributed by atoms with Crippen LogP contribution < -0.4 is 4.74 Å². The third kappa shape index (κ3) is 2.86. The molecule has 1 aliphatic heterocycles. The lowest BCUT2D eigenvalue weighted by atomic mass is 10.3.